The number of carbonyl (C=O) groups is 1. The average Bonchev–Trinajstić information content (AvgIpc) is 2.60. The summed E-state index contributed by atoms with van der Waals surface area (Å²) >= 11 is 0. The number of benzene rings is 2. The fraction of sp³-hybridized carbons (Fsp3) is 0.278. The van der Waals surface area contributed by atoms with Crippen molar-refractivity contribution in [3.63, 3.8) is 0 Å². The van der Waals surface area contributed by atoms with Gasteiger partial charge in [-0.25, -0.2) is 13.6 Å². The Morgan fingerprint density at radius 2 is 1.80 bits per heavy atom. The SMILES string of the molecule is COc1ccc2c(c1)CN(C(=O)Nc1cc(F)c(OC)c(F)c1)CC2. The summed E-state index contributed by atoms with van der Waals surface area (Å²) in [5.41, 5.74) is 2.19. The molecule has 1 N–H and O–H groups in total. The van der Waals surface area contributed by atoms with E-state index in [0.29, 0.717) is 19.5 Å². The predicted molar refractivity (Wildman–Crippen MR) is 89.0 cm³/mol. The van der Waals surface area contributed by atoms with Crippen molar-refractivity contribution in [3.8, 4) is 11.5 Å². The second-order valence-corrected chi connectivity index (χ2v) is 5.71. The Balaban J connectivity index is 1.74. The quantitative estimate of drug-likeness (QED) is 0.923. The van der Waals surface area contributed by atoms with Crippen LogP contribution in [0.1, 0.15) is 11.1 Å². The van der Waals surface area contributed by atoms with E-state index in [1.165, 1.54) is 7.11 Å². The summed E-state index contributed by atoms with van der Waals surface area (Å²) in [5, 5.41) is 2.52. The van der Waals surface area contributed by atoms with E-state index in [1.54, 1.807) is 12.0 Å². The summed E-state index contributed by atoms with van der Waals surface area (Å²) in [6.45, 7) is 0.922. The van der Waals surface area contributed by atoms with Gasteiger partial charge in [0.2, 0.25) is 0 Å². The Bertz CT molecular complexity index is 788. The van der Waals surface area contributed by atoms with Crippen molar-refractivity contribution in [2.75, 3.05) is 26.1 Å². The maximum atomic E-state index is 13.7. The van der Waals surface area contributed by atoms with Gasteiger partial charge in [0.25, 0.3) is 0 Å². The number of anilines is 1. The Kier molecular flexibility index (Phi) is 4.74. The van der Waals surface area contributed by atoms with Gasteiger partial charge in [0.15, 0.2) is 17.4 Å². The number of nitrogens with one attached hydrogen (secondary N) is 1. The van der Waals surface area contributed by atoms with Gasteiger partial charge in [-0.1, -0.05) is 6.07 Å². The summed E-state index contributed by atoms with van der Waals surface area (Å²) in [6.07, 6.45) is 0.706. The minimum absolute atomic E-state index is 0.0391. The molecule has 7 heteroatoms. The highest BCUT2D eigenvalue weighted by molar-refractivity contribution is 5.89. The van der Waals surface area contributed by atoms with Crippen molar-refractivity contribution in [3.05, 3.63) is 53.1 Å². The Hall–Kier alpha value is -2.83. The minimum Gasteiger partial charge on any atom is -0.497 e. The van der Waals surface area contributed by atoms with E-state index >= 15 is 0 Å². The van der Waals surface area contributed by atoms with E-state index in [2.05, 4.69) is 10.1 Å². The third kappa shape index (κ3) is 3.50. The molecule has 1 aliphatic heterocycles. The first-order chi connectivity index (χ1) is 12.0. The fourth-order valence-corrected chi connectivity index (χ4v) is 2.86. The Morgan fingerprint density at radius 3 is 2.44 bits per heavy atom. The molecule has 0 spiro atoms. The van der Waals surface area contributed by atoms with E-state index in [9.17, 15) is 13.6 Å². The number of hydrogen-bond acceptors (Lipinski definition) is 3. The zero-order valence-electron chi connectivity index (χ0n) is 13.9. The molecule has 2 aromatic rings. The molecular weight excluding hydrogens is 330 g/mol. The van der Waals surface area contributed by atoms with Crippen LogP contribution < -0.4 is 14.8 Å². The third-order valence-corrected chi connectivity index (χ3v) is 4.17. The lowest BCUT2D eigenvalue weighted by Gasteiger charge is -2.29. The van der Waals surface area contributed by atoms with Crippen molar-refractivity contribution in [2.24, 2.45) is 0 Å². The highest BCUT2D eigenvalue weighted by atomic mass is 19.1. The molecule has 0 radical (unpaired) electrons. The number of rotatable bonds is 3. The molecule has 1 heterocycles. The van der Waals surface area contributed by atoms with Crippen molar-refractivity contribution in [1.82, 2.24) is 4.90 Å². The highest BCUT2D eigenvalue weighted by Gasteiger charge is 2.22. The molecule has 132 valence electrons. The first kappa shape index (κ1) is 17.0. The molecule has 0 atom stereocenters. The zero-order valence-corrected chi connectivity index (χ0v) is 13.9. The van der Waals surface area contributed by atoms with Crippen LogP contribution in [-0.4, -0.2) is 31.7 Å². The topological polar surface area (TPSA) is 50.8 Å². The van der Waals surface area contributed by atoms with Gasteiger partial charge < -0.3 is 19.7 Å². The maximum absolute atomic E-state index is 13.7. The number of carbonyl (C=O) groups excluding carboxylic acids is 1. The summed E-state index contributed by atoms with van der Waals surface area (Å²) in [4.78, 5) is 14.0. The van der Waals surface area contributed by atoms with Crippen molar-refractivity contribution in [1.29, 1.82) is 0 Å². The lowest BCUT2D eigenvalue weighted by Crippen LogP contribution is -2.38. The molecular formula is C18H18F2N2O3. The van der Waals surface area contributed by atoms with Crippen molar-refractivity contribution >= 4 is 11.7 Å². The molecule has 0 saturated carbocycles. The van der Waals surface area contributed by atoms with E-state index in [1.807, 2.05) is 18.2 Å². The van der Waals surface area contributed by atoms with Gasteiger partial charge in [0.1, 0.15) is 5.75 Å². The zero-order chi connectivity index (χ0) is 18.0. The summed E-state index contributed by atoms with van der Waals surface area (Å²) < 4.78 is 37.3. The molecule has 25 heavy (non-hydrogen) atoms. The van der Waals surface area contributed by atoms with Crippen LogP contribution >= 0.6 is 0 Å². The van der Waals surface area contributed by atoms with Crippen LogP contribution in [0, 0.1) is 11.6 Å². The first-order valence-corrected chi connectivity index (χ1v) is 7.76. The van der Waals surface area contributed by atoms with Gasteiger partial charge in [0, 0.05) is 30.9 Å². The molecule has 3 rings (SSSR count). The van der Waals surface area contributed by atoms with Crippen molar-refractivity contribution < 1.29 is 23.0 Å². The number of nitrogens with zero attached hydrogens (tertiary/aromatic N) is 1. The van der Waals surface area contributed by atoms with E-state index in [0.717, 1.165) is 29.0 Å². The summed E-state index contributed by atoms with van der Waals surface area (Å²) in [7, 11) is 2.76. The number of methoxy groups -OCH3 is 2. The van der Waals surface area contributed by atoms with Gasteiger partial charge in [-0.3, -0.25) is 0 Å². The number of hydrogen-bond donors (Lipinski definition) is 1. The number of ether oxygens (including phenoxy) is 2. The monoisotopic (exact) mass is 348 g/mol. The fourth-order valence-electron chi connectivity index (χ4n) is 2.86. The number of amides is 2. The molecule has 0 bridgehead atoms. The lowest BCUT2D eigenvalue weighted by atomic mass is 10.00. The standard InChI is InChI=1S/C18H18F2N2O3/c1-24-14-4-3-11-5-6-22(10-12(11)7-14)18(23)21-13-8-15(19)17(25-2)16(20)9-13/h3-4,7-9H,5-6,10H2,1-2H3,(H,21,23). The number of urea groups is 1. The van der Waals surface area contributed by atoms with Crippen LogP contribution in [0.15, 0.2) is 30.3 Å². The minimum atomic E-state index is -0.869. The second kappa shape index (κ2) is 6.96. The van der Waals surface area contributed by atoms with E-state index < -0.39 is 23.4 Å². The molecule has 0 unspecified atom stereocenters. The summed E-state index contributed by atoms with van der Waals surface area (Å²) in [6, 6.07) is 7.40. The van der Waals surface area contributed by atoms with E-state index in [4.69, 9.17) is 4.74 Å². The van der Waals surface area contributed by atoms with Crippen LogP contribution in [0.4, 0.5) is 19.3 Å². The van der Waals surface area contributed by atoms with Gasteiger partial charge in [-0.05, 0) is 29.7 Å². The first-order valence-electron chi connectivity index (χ1n) is 7.76. The van der Waals surface area contributed by atoms with Gasteiger partial charge >= 0.3 is 6.03 Å². The maximum Gasteiger partial charge on any atom is 0.322 e. The summed E-state index contributed by atoms with van der Waals surface area (Å²) in [5.74, 6) is -1.49. The number of fused-ring (bicyclic) bond motifs is 1. The largest absolute Gasteiger partial charge is 0.497 e. The molecule has 2 aromatic carbocycles. The molecule has 5 nitrogen and oxygen atoms in total. The average molecular weight is 348 g/mol. The molecule has 1 aliphatic rings. The smallest absolute Gasteiger partial charge is 0.322 e. The molecule has 0 aromatic heterocycles. The molecule has 0 fully saturated rings. The normalized spacial score (nSPS) is 13.2. The Morgan fingerprint density at radius 1 is 1.08 bits per heavy atom. The predicted octanol–water partition coefficient (Wildman–Crippen LogP) is 3.57. The van der Waals surface area contributed by atoms with Crippen LogP contribution in [0.25, 0.3) is 0 Å². The number of halogens is 2. The van der Waals surface area contributed by atoms with Crippen LogP contribution in [0.3, 0.4) is 0 Å². The van der Waals surface area contributed by atoms with Gasteiger partial charge in [-0.2, -0.15) is 0 Å². The van der Waals surface area contributed by atoms with E-state index in [-0.39, 0.29) is 5.69 Å². The second-order valence-electron chi connectivity index (χ2n) is 5.71. The molecule has 0 saturated heterocycles. The van der Waals surface area contributed by atoms with Gasteiger partial charge in [0.05, 0.1) is 14.2 Å². The van der Waals surface area contributed by atoms with Crippen molar-refractivity contribution in [2.45, 2.75) is 13.0 Å². The third-order valence-electron chi connectivity index (χ3n) is 4.17. The Labute approximate surface area is 144 Å². The highest BCUT2D eigenvalue weighted by Crippen LogP contribution is 2.27. The van der Waals surface area contributed by atoms with Gasteiger partial charge in [-0.15, -0.1) is 0 Å². The molecule has 0 aliphatic carbocycles. The molecule has 2 amide bonds. The van der Waals surface area contributed by atoms with Crippen LogP contribution in [-0.2, 0) is 13.0 Å². The van der Waals surface area contributed by atoms with Crippen LogP contribution in [0.2, 0.25) is 0 Å². The van der Waals surface area contributed by atoms with Crippen LogP contribution in [0.5, 0.6) is 11.5 Å². The lowest BCUT2D eigenvalue weighted by molar-refractivity contribution is 0.206.